The van der Waals surface area contributed by atoms with Gasteiger partial charge in [0.25, 0.3) is 0 Å². The van der Waals surface area contributed by atoms with E-state index in [-0.39, 0.29) is 5.56 Å². The zero-order chi connectivity index (χ0) is 14.8. The molecule has 1 aliphatic rings. The third kappa shape index (κ3) is 3.74. The average Bonchev–Trinajstić information content (AvgIpc) is 2.38. The van der Waals surface area contributed by atoms with E-state index < -0.39 is 21.2 Å². The zero-order valence-electron chi connectivity index (χ0n) is 11.2. The van der Waals surface area contributed by atoms with Crippen molar-refractivity contribution >= 4 is 27.6 Å². The van der Waals surface area contributed by atoms with Crippen LogP contribution in [-0.4, -0.2) is 54.1 Å². The SMILES string of the molecule is CS(=O)(=O)C1CSCCN1Cc1ccc(C(=O)O)cc1. The van der Waals surface area contributed by atoms with Gasteiger partial charge in [-0.25, -0.2) is 13.2 Å². The first-order valence-electron chi connectivity index (χ1n) is 6.21. The van der Waals surface area contributed by atoms with E-state index in [2.05, 4.69) is 0 Å². The summed E-state index contributed by atoms with van der Waals surface area (Å²) in [5, 5.41) is 8.40. The largest absolute Gasteiger partial charge is 0.478 e. The predicted molar refractivity (Wildman–Crippen MR) is 79.8 cm³/mol. The Kier molecular flexibility index (Phi) is 4.72. The van der Waals surface area contributed by atoms with Crippen molar-refractivity contribution in [1.82, 2.24) is 4.90 Å². The Morgan fingerprint density at radius 2 is 2.05 bits per heavy atom. The molecule has 20 heavy (non-hydrogen) atoms. The van der Waals surface area contributed by atoms with E-state index in [0.29, 0.717) is 12.3 Å². The molecule has 5 nitrogen and oxygen atoms in total. The van der Waals surface area contributed by atoms with Crippen molar-refractivity contribution in [2.75, 3.05) is 24.3 Å². The van der Waals surface area contributed by atoms with Gasteiger partial charge in [-0.05, 0) is 17.7 Å². The molecule has 1 fully saturated rings. The number of thioether (sulfide) groups is 1. The lowest BCUT2D eigenvalue weighted by molar-refractivity contribution is 0.0697. The van der Waals surface area contributed by atoms with E-state index in [0.717, 1.165) is 17.9 Å². The maximum atomic E-state index is 11.8. The highest BCUT2D eigenvalue weighted by atomic mass is 32.2. The molecule has 1 unspecified atom stereocenters. The maximum Gasteiger partial charge on any atom is 0.335 e. The van der Waals surface area contributed by atoms with Crippen molar-refractivity contribution < 1.29 is 18.3 Å². The summed E-state index contributed by atoms with van der Waals surface area (Å²) in [6.07, 6.45) is 1.27. The molecule has 1 saturated heterocycles. The molecule has 0 amide bonds. The second kappa shape index (κ2) is 6.15. The standard InChI is InChI=1S/C13H17NO4S2/c1-20(17,18)12-9-19-7-6-14(12)8-10-2-4-11(5-3-10)13(15)16/h2-5,12H,6-9H2,1H3,(H,15,16). The van der Waals surface area contributed by atoms with Crippen molar-refractivity contribution in [2.24, 2.45) is 0 Å². The van der Waals surface area contributed by atoms with Gasteiger partial charge < -0.3 is 5.11 Å². The Labute approximate surface area is 122 Å². The normalized spacial score (nSPS) is 20.8. The predicted octanol–water partition coefficient (Wildman–Crippen LogP) is 1.30. The molecule has 1 N–H and O–H groups in total. The van der Waals surface area contributed by atoms with E-state index >= 15 is 0 Å². The molecular formula is C13H17NO4S2. The van der Waals surface area contributed by atoms with Crippen LogP contribution in [0.25, 0.3) is 0 Å². The van der Waals surface area contributed by atoms with Crippen molar-refractivity contribution in [2.45, 2.75) is 11.9 Å². The number of hydrogen-bond acceptors (Lipinski definition) is 5. The van der Waals surface area contributed by atoms with E-state index in [4.69, 9.17) is 5.11 Å². The molecule has 1 heterocycles. The van der Waals surface area contributed by atoms with Gasteiger partial charge in [0.05, 0.1) is 5.56 Å². The Morgan fingerprint density at radius 1 is 1.40 bits per heavy atom. The van der Waals surface area contributed by atoms with Crippen LogP contribution in [-0.2, 0) is 16.4 Å². The first kappa shape index (κ1) is 15.3. The lowest BCUT2D eigenvalue weighted by atomic mass is 10.1. The maximum absolute atomic E-state index is 11.8. The number of carboxylic acid groups (broad SMARTS) is 1. The fourth-order valence-corrected chi connectivity index (χ4v) is 5.12. The molecule has 0 aliphatic carbocycles. The number of carbonyl (C=O) groups is 1. The van der Waals surface area contributed by atoms with Crippen LogP contribution in [0.2, 0.25) is 0 Å². The summed E-state index contributed by atoms with van der Waals surface area (Å²) in [7, 11) is -3.11. The number of sulfone groups is 1. The van der Waals surface area contributed by atoms with Crippen molar-refractivity contribution in [3.63, 3.8) is 0 Å². The highest BCUT2D eigenvalue weighted by Gasteiger charge is 2.30. The second-order valence-corrected chi connectivity index (χ2v) is 8.18. The van der Waals surface area contributed by atoms with Crippen LogP contribution in [0, 0.1) is 0 Å². The summed E-state index contributed by atoms with van der Waals surface area (Å²) >= 11 is 1.65. The van der Waals surface area contributed by atoms with Crippen LogP contribution >= 0.6 is 11.8 Å². The van der Waals surface area contributed by atoms with Crippen LogP contribution in [0.15, 0.2) is 24.3 Å². The Balaban J connectivity index is 2.12. The smallest absolute Gasteiger partial charge is 0.335 e. The minimum absolute atomic E-state index is 0.239. The molecule has 0 saturated carbocycles. The fourth-order valence-electron chi connectivity index (χ4n) is 2.18. The molecule has 110 valence electrons. The van der Waals surface area contributed by atoms with Crippen LogP contribution < -0.4 is 0 Å². The molecule has 1 aliphatic heterocycles. The van der Waals surface area contributed by atoms with Gasteiger partial charge in [0, 0.05) is 30.9 Å². The monoisotopic (exact) mass is 315 g/mol. The van der Waals surface area contributed by atoms with Crippen LogP contribution in [0.3, 0.4) is 0 Å². The summed E-state index contributed by atoms with van der Waals surface area (Å²) in [6, 6.07) is 6.58. The minimum atomic E-state index is -3.11. The van der Waals surface area contributed by atoms with E-state index in [9.17, 15) is 13.2 Å². The highest BCUT2D eigenvalue weighted by molar-refractivity contribution is 8.00. The molecule has 0 bridgehead atoms. The molecular weight excluding hydrogens is 298 g/mol. The van der Waals surface area contributed by atoms with E-state index in [1.165, 1.54) is 6.26 Å². The van der Waals surface area contributed by atoms with Gasteiger partial charge in [-0.1, -0.05) is 12.1 Å². The molecule has 1 aromatic carbocycles. The number of benzene rings is 1. The summed E-state index contributed by atoms with van der Waals surface area (Å²) in [4.78, 5) is 12.7. The molecule has 0 radical (unpaired) electrons. The molecule has 7 heteroatoms. The number of aromatic carboxylic acids is 1. The lowest BCUT2D eigenvalue weighted by Crippen LogP contribution is -2.46. The minimum Gasteiger partial charge on any atom is -0.478 e. The fraction of sp³-hybridized carbons (Fsp3) is 0.462. The topological polar surface area (TPSA) is 74.7 Å². The van der Waals surface area contributed by atoms with Crippen LogP contribution in [0.4, 0.5) is 0 Å². The first-order chi connectivity index (χ1) is 9.38. The van der Waals surface area contributed by atoms with Crippen LogP contribution in [0.5, 0.6) is 0 Å². The number of hydrogen-bond donors (Lipinski definition) is 1. The van der Waals surface area contributed by atoms with Crippen molar-refractivity contribution in [3.05, 3.63) is 35.4 Å². The Hall–Kier alpha value is -1.05. The summed E-state index contributed by atoms with van der Waals surface area (Å²) in [5.74, 6) is 0.547. The summed E-state index contributed by atoms with van der Waals surface area (Å²) in [6.45, 7) is 1.25. The number of carboxylic acids is 1. The summed E-state index contributed by atoms with van der Waals surface area (Å²) in [5.41, 5.74) is 1.16. The van der Waals surface area contributed by atoms with E-state index in [1.54, 1.807) is 36.0 Å². The van der Waals surface area contributed by atoms with Gasteiger partial charge in [-0.3, -0.25) is 4.90 Å². The second-order valence-electron chi connectivity index (χ2n) is 4.83. The Bertz CT molecular complexity index is 583. The van der Waals surface area contributed by atoms with Crippen molar-refractivity contribution in [3.8, 4) is 0 Å². The molecule has 2 rings (SSSR count). The average molecular weight is 315 g/mol. The van der Waals surface area contributed by atoms with Gasteiger partial charge in [0.2, 0.25) is 0 Å². The quantitative estimate of drug-likeness (QED) is 0.903. The summed E-state index contributed by atoms with van der Waals surface area (Å²) < 4.78 is 23.6. The van der Waals surface area contributed by atoms with Gasteiger partial charge in [-0.2, -0.15) is 11.8 Å². The molecule has 1 atom stereocenters. The van der Waals surface area contributed by atoms with E-state index in [1.807, 2.05) is 4.90 Å². The highest BCUT2D eigenvalue weighted by Crippen LogP contribution is 2.22. The lowest BCUT2D eigenvalue weighted by Gasteiger charge is -2.34. The van der Waals surface area contributed by atoms with Gasteiger partial charge in [-0.15, -0.1) is 0 Å². The van der Waals surface area contributed by atoms with Crippen LogP contribution in [0.1, 0.15) is 15.9 Å². The van der Waals surface area contributed by atoms with Gasteiger partial charge in [0.15, 0.2) is 9.84 Å². The number of rotatable bonds is 4. The number of nitrogens with zero attached hydrogens (tertiary/aromatic N) is 1. The molecule has 0 spiro atoms. The third-order valence-corrected chi connectivity index (χ3v) is 5.96. The Morgan fingerprint density at radius 3 is 2.60 bits per heavy atom. The van der Waals surface area contributed by atoms with Crippen molar-refractivity contribution in [1.29, 1.82) is 0 Å². The molecule has 0 aromatic heterocycles. The van der Waals surface area contributed by atoms with Gasteiger partial charge >= 0.3 is 5.97 Å². The third-order valence-electron chi connectivity index (χ3n) is 3.27. The molecule has 1 aromatic rings. The first-order valence-corrected chi connectivity index (χ1v) is 9.32. The zero-order valence-corrected chi connectivity index (χ0v) is 12.8. The van der Waals surface area contributed by atoms with Gasteiger partial charge in [0.1, 0.15) is 5.37 Å².